The van der Waals surface area contributed by atoms with Gasteiger partial charge in [-0.1, -0.05) is 0 Å². The van der Waals surface area contributed by atoms with E-state index in [1.54, 1.807) is 24.5 Å². The van der Waals surface area contributed by atoms with Crippen molar-refractivity contribution in [2.24, 2.45) is 0 Å². The van der Waals surface area contributed by atoms with E-state index in [4.69, 9.17) is 0 Å². The summed E-state index contributed by atoms with van der Waals surface area (Å²) in [5.74, 6) is -2.47. The Morgan fingerprint density at radius 3 is 2.48 bits per heavy atom. The summed E-state index contributed by atoms with van der Waals surface area (Å²) >= 11 is 0. The molecule has 120 valence electrons. The topological polar surface area (TPSA) is 62.3 Å². The highest BCUT2D eigenvalue weighted by Gasteiger charge is 2.15. The number of hydrogen-bond donors (Lipinski definition) is 1. The standard InChI is InChI=1S/C16H15F2N3O2/c1-11(22)21(9-12-4-6-19-7-5-12)10-16(23)20-15-3-2-13(17)8-14(15)18/h2-8H,9-10H2,1H3,(H,20,23). The molecule has 0 radical (unpaired) electrons. The van der Waals surface area contributed by atoms with Crippen molar-refractivity contribution in [1.82, 2.24) is 9.88 Å². The minimum atomic E-state index is -0.873. The average Bonchev–Trinajstić information content (AvgIpc) is 2.50. The summed E-state index contributed by atoms with van der Waals surface area (Å²) in [6, 6.07) is 6.30. The Hall–Kier alpha value is -2.83. The fraction of sp³-hybridized carbons (Fsp3) is 0.188. The molecule has 0 saturated heterocycles. The molecule has 5 nitrogen and oxygen atoms in total. The normalized spacial score (nSPS) is 10.2. The molecule has 0 saturated carbocycles. The molecule has 0 unspecified atom stereocenters. The summed E-state index contributed by atoms with van der Waals surface area (Å²) in [6.07, 6.45) is 3.17. The fourth-order valence-corrected chi connectivity index (χ4v) is 1.94. The molecule has 1 aromatic carbocycles. The SMILES string of the molecule is CC(=O)N(CC(=O)Nc1ccc(F)cc1F)Cc1ccncc1. The van der Waals surface area contributed by atoms with Gasteiger partial charge in [-0.3, -0.25) is 14.6 Å². The summed E-state index contributed by atoms with van der Waals surface area (Å²) in [5, 5.41) is 2.32. The van der Waals surface area contributed by atoms with Gasteiger partial charge in [-0.2, -0.15) is 0 Å². The summed E-state index contributed by atoms with van der Waals surface area (Å²) in [6.45, 7) is 1.33. The van der Waals surface area contributed by atoms with Crippen molar-refractivity contribution in [3.8, 4) is 0 Å². The molecule has 0 bridgehead atoms. The number of aromatic nitrogens is 1. The van der Waals surface area contributed by atoms with Crippen LogP contribution in [0.4, 0.5) is 14.5 Å². The predicted octanol–water partition coefficient (Wildman–Crippen LogP) is 2.35. The van der Waals surface area contributed by atoms with Crippen LogP contribution in [0, 0.1) is 11.6 Å². The second-order valence-corrected chi connectivity index (χ2v) is 4.90. The molecule has 2 amide bonds. The lowest BCUT2D eigenvalue weighted by Gasteiger charge is -2.20. The summed E-state index contributed by atoms with van der Waals surface area (Å²) < 4.78 is 26.3. The number of carbonyl (C=O) groups excluding carboxylic acids is 2. The van der Waals surface area contributed by atoms with Crippen LogP contribution in [-0.2, 0) is 16.1 Å². The molecule has 2 aromatic rings. The first-order chi connectivity index (χ1) is 11.0. The van der Waals surface area contributed by atoms with Crippen molar-refractivity contribution < 1.29 is 18.4 Å². The molecule has 0 aliphatic rings. The molecule has 1 heterocycles. The minimum absolute atomic E-state index is 0.135. The molecular weight excluding hydrogens is 304 g/mol. The van der Waals surface area contributed by atoms with E-state index in [0.29, 0.717) is 6.07 Å². The number of carbonyl (C=O) groups is 2. The van der Waals surface area contributed by atoms with Gasteiger partial charge in [0.1, 0.15) is 18.2 Å². The van der Waals surface area contributed by atoms with Crippen LogP contribution in [0.25, 0.3) is 0 Å². The number of nitrogens with one attached hydrogen (secondary N) is 1. The first-order valence-corrected chi connectivity index (χ1v) is 6.85. The molecule has 1 N–H and O–H groups in total. The molecule has 0 spiro atoms. The van der Waals surface area contributed by atoms with Crippen LogP contribution in [0.2, 0.25) is 0 Å². The van der Waals surface area contributed by atoms with Crippen LogP contribution in [0.1, 0.15) is 12.5 Å². The monoisotopic (exact) mass is 319 g/mol. The maximum atomic E-state index is 13.5. The molecule has 23 heavy (non-hydrogen) atoms. The van der Waals surface area contributed by atoms with E-state index < -0.39 is 17.5 Å². The summed E-state index contributed by atoms with van der Waals surface area (Å²) in [4.78, 5) is 28.8. The highest BCUT2D eigenvalue weighted by atomic mass is 19.1. The van der Waals surface area contributed by atoms with Gasteiger partial charge in [0.05, 0.1) is 5.69 Å². The molecule has 0 aliphatic carbocycles. The second-order valence-electron chi connectivity index (χ2n) is 4.90. The van der Waals surface area contributed by atoms with Crippen molar-refractivity contribution in [3.63, 3.8) is 0 Å². The van der Waals surface area contributed by atoms with Crippen LogP contribution >= 0.6 is 0 Å². The highest BCUT2D eigenvalue weighted by molar-refractivity contribution is 5.94. The first-order valence-electron chi connectivity index (χ1n) is 6.85. The van der Waals surface area contributed by atoms with Gasteiger partial charge in [0.15, 0.2) is 0 Å². The minimum Gasteiger partial charge on any atom is -0.329 e. The van der Waals surface area contributed by atoms with Crippen molar-refractivity contribution in [2.75, 3.05) is 11.9 Å². The summed E-state index contributed by atoms with van der Waals surface area (Å²) in [7, 11) is 0. The maximum Gasteiger partial charge on any atom is 0.244 e. The third-order valence-corrected chi connectivity index (χ3v) is 3.11. The van der Waals surface area contributed by atoms with E-state index >= 15 is 0 Å². The predicted molar refractivity (Wildman–Crippen MR) is 80.3 cm³/mol. The zero-order valence-electron chi connectivity index (χ0n) is 12.4. The van der Waals surface area contributed by atoms with Gasteiger partial charge in [0.25, 0.3) is 0 Å². The van der Waals surface area contributed by atoms with Gasteiger partial charge in [-0.15, -0.1) is 0 Å². The van der Waals surface area contributed by atoms with Crippen LogP contribution in [0.15, 0.2) is 42.7 Å². The molecule has 0 aliphatic heterocycles. The number of anilines is 1. The van der Waals surface area contributed by atoms with Crippen molar-refractivity contribution in [1.29, 1.82) is 0 Å². The van der Waals surface area contributed by atoms with Gasteiger partial charge in [0, 0.05) is 31.9 Å². The van der Waals surface area contributed by atoms with Crippen LogP contribution in [0.3, 0.4) is 0 Å². The first kappa shape index (κ1) is 16.5. The van der Waals surface area contributed by atoms with Crippen molar-refractivity contribution >= 4 is 17.5 Å². The quantitative estimate of drug-likeness (QED) is 0.920. The second kappa shape index (κ2) is 7.44. The van der Waals surface area contributed by atoms with Gasteiger partial charge >= 0.3 is 0 Å². The van der Waals surface area contributed by atoms with Gasteiger partial charge in [-0.25, -0.2) is 8.78 Å². The molecule has 0 atom stereocenters. The number of halogens is 2. The Morgan fingerprint density at radius 1 is 1.17 bits per heavy atom. The smallest absolute Gasteiger partial charge is 0.244 e. The van der Waals surface area contributed by atoms with Gasteiger partial charge in [0.2, 0.25) is 11.8 Å². The average molecular weight is 319 g/mol. The fourth-order valence-electron chi connectivity index (χ4n) is 1.94. The zero-order valence-corrected chi connectivity index (χ0v) is 12.4. The van der Waals surface area contributed by atoms with Crippen molar-refractivity contribution in [2.45, 2.75) is 13.5 Å². The highest BCUT2D eigenvalue weighted by Crippen LogP contribution is 2.15. The van der Waals surface area contributed by atoms with E-state index in [-0.39, 0.29) is 24.7 Å². The largest absolute Gasteiger partial charge is 0.329 e. The third-order valence-electron chi connectivity index (χ3n) is 3.11. The lowest BCUT2D eigenvalue weighted by atomic mass is 10.2. The van der Waals surface area contributed by atoms with Crippen LogP contribution < -0.4 is 5.32 Å². The molecule has 7 heteroatoms. The Balaban J connectivity index is 2.02. The van der Waals surface area contributed by atoms with E-state index in [0.717, 1.165) is 17.7 Å². The van der Waals surface area contributed by atoms with Gasteiger partial charge in [-0.05, 0) is 29.8 Å². The van der Waals surface area contributed by atoms with E-state index in [1.165, 1.54) is 11.8 Å². The third kappa shape index (κ3) is 4.84. The Bertz CT molecular complexity index is 708. The number of benzene rings is 1. The maximum absolute atomic E-state index is 13.5. The molecule has 2 rings (SSSR count). The Labute approximate surface area is 131 Å². The van der Waals surface area contributed by atoms with Gasteiger partial charge < -0.3 is 10.2 Å². The Morgan fingerprint density at radius 2 is 1.87 bits per heavy atom. The number of hydrogen-bond acceptors (Lipinski definition) is 3. The number of nitrogens with zero attached hydrogens (tertiary/aromatic N) is 2. The molecular formula is C16H15F2N3O2. The number of amides is 2. The van der Waals surface area contributed by atoms with Crippen LogP contribution in [-0.4, -0.2) is 28.2 Å². The molecule has 1 aromatic heterocycles. The van der Waals surface area contributed by atoms with Crippen LogP contribution in [0.5, 0.6) is 0 Å². The lowest BCUT2D eigenvalue weighted by Crippen LogP contribution is -2.36. The summed E-state index contributed by atoms with van der Waals surface area (Å²) in [5.41, 5.74) is 0.680. The van der Waals surface area contributed by atoms with E-state index in [2.05, 4.69) is 10.3 Å². The van der Waals surface area contributed by atoms with Crippen molar-refractivity contribution in [3.05, 3.63) is 59.9 Å². The molecule has 0 fully saturated rings. The lowest BCUT2D eigenvalue weighted by molar-refractivity contribution is -0.133. The number of rotatable bonds is 5. The Kier molecular flexibility index (Phi) is 5.35. The number of pyridine rings is 1. The zero-order chi connectivity index (χ0) is 16.8. The van der Waals surface area contributed by atoms with E-state index in [1.807, 2.05) is 0 Å². The van der Waals surface area contributed by atoms with E-state index in [9.17, 15) is 18.4 Å².